The highest BCUT2D eigenvalue weighted by Gasteiger charge is 2.24. The Morgan fingerprint density at radius 2 is 2.09 bits per heavy atom. The van der Waals surface area contributed by atoms with Crippen LogP contribution in [0, 0.1) is 11.6 Å². The molecule has 0 saturated carbocycles. The molecule has 7 heteroatoms. The Balaban J connectivity index is 1.94. The zero-order valence-corrected chi connectivity index (χ0v) is 13.1. The highest BCUT2D eigenvalue weighted by atomic mass is 19.1. The Morgan fingerprint density at radius 1 is 1.35 bits per heavy atom. The second-order valence-corrected chi connectivity index (χ2v) is 5.89. The van der Waals surface area contributed by atoms with Gasteiger partial charge in [-0.2, -0.15) is 0 Å². The number of benzene rings is 1. The summed E-state index contributed by atoms with van der Waals surface area (Å²) in [6.07, 6.45) is 0.770. The fourth-order valence-electron chi connectivity index (χ4n) is 2.61. The Kier molecular flexibility index (Phi) is 5.65. The summed E-state index contributed by atoms with van der Waals surface area (Å²) in [6, 6.07) is 2.54. The third-order valence-corrected chi connectivity index (χ3v) is 3.95. The van der Waals surface area contributed by atoms with E-state index in [9.17, 15) is 18.4 Å². The van der Waals surface area contributed by atoms with Crippen molar-refractivity contribution in [3.63, 3.8) is 0 Å². The first-order valence-electron chi connectivity index (χ1n) is 7.58. The van der Waals surface area contributed by atoms with Crippen LogP contribution in [0.5, 0.6) is 0 Å². The van der Waals surface area contributed by atoms with Gasteiger partial charge in [-0.05, 0) is 36.6 Å². The van der Waals surface area contributed by atoms with Gasteiger partial charge in [0.1, 0.15) is 11.6 Å². The lowest BCUT2D eigenvalue weighted by molar-refractivity contribution is -0.138. The number of nitrogens with two attached hydrogens (primary N) is 1. The zero-order valence-electron chi connectivity index (χ0n) is 13.1. The van der Waals surface area contributed by atoms with Crippen molar-refractivity contribution in [2.45, 2.75) is 25.3 Å². The quantitative estimate of drug-likeness (QED) is 0.895. The Hall–Kier alpha value is -2.02. The molecule has 1 aromatic carbocycles. The molecular formula is C16H21F2N3O2. The lowest BCUT2D eigenvalue weighted by atomic mass is 10.0. The maximum absolute atomic E-state index is 13.6. The van der Waals surface area contributed by atoms with E-state index in [1.165, 1.54) is 4.90 Å². The molecule has 1 atom stereocenters. The minimum absolute atomic E-state index is 0.00700. The summed E-state index contributed by atoms with van der Waals surface area (Å²) in [7, 11) is 1.70. The van der Waals surface area contributed by atoms with Crippen molar-refractivity contribution >= 4 is 11.8 Å². The lowest BCUT2D eigenvalue weighted by Crippen LogP contribution is -2.40. The molecule has 1 heterocycles. The van der Waals surface area contributed by atoms with E-state index in [2.05, 4.69) is 0 Å². The monoisotopic (exact) mass is 325 g/mol. The topological polar surface area (TPSA) is 66.6 Å². The van der Waals surface area contributed by atoms with Crippen LogP contribution in [0.4, 0.5) is 8.78 Å². The molecule has 0 bridgehead atoms. The molecule has 2 amide bonds. The van der Waals surface area contributed by atoms with E-state index in [1.807, 2.05) is 0 Å². The van der Waals surface area contributed by atoms with E-state index in [-0.39, 0.29) is 36.8 Å². The minimum atomic E-state index is -0.630. The Bertz CT molecular complexity index is 595. The number of rotatable bonds is 4. The molecule has 23 heavy (non-hydrogen) atoms. The van der Waals surface area contributed by atoms with Crippen LogP contribution in [0.1, 0.15) is 18.4 Å². The van der Waals surface area contributed by atoms with Gasteiger partial charge in [0.25, 0.3) is 0 Å². The van der Waals surface area contributed by atoms with Crippen LogP contribution in [0.25, 0.3) is 0 Å². The standard InChI is InChI=1S/C16H21F2N3O2/c1-20-5-2-6-21(10-16(20)23)15(22)9-13(19)8-11-7-12(17)3-4-14(11)18/h3-4,7,13H,2,5-6,8-10,19H2,1H3/t13-/m1/s1. The molecule has 1 aliphatic heterocycles. The van der Waals surface area contributed by atoms with Crippen molar-refractivity contribution in [3.05, 3.63) is 35.4 Å². The summed E-state index contributed by atoms with van der Waals surface area (Å²) in [6.45, 7) is 1.15. The van der Waals surface area contributed by atoms with Gasteiger partial charge >= 0.3 is 0 Å². The second kappa shape index (κ2) is 7.50. The molecule has 2 rings (SSSR count). The molecule has 2 N–H and O–H groups in total. The van der Waals surface area contributed by atoms with Crippen molar-refractivity contribution < 1.29 is 18.4 Å². The predicted molar refractivity (Wildman–Crippen MR) is 81.5 cm³/mol. The summed E-state index contributed by atoms with van der Waals surface area (Å²) in [5.41, 5.74) is 6.05. The van der Waals surface area contributed by atoms with Crippen molar-refractivity contribution in [1.29, 1.82) is 0 Å². The third-order valence-electron chi connectivity index (χ3n) is 3.95. The summed E-state index contributed by atoms with van der Waals surface area (Å²) >= 11 is 0. The molecule has 1 aliphatic rings. The zero-order chi connectivity index (χ0) is 17.0. The van der Waals surface area contributed by atoms with Crippen molar-refractivity contribution in [2.24, 2.45) is 5.73 Å². The fraction of sp³-hybridized carbons (Fsp3) is 0.500. The first-order valence-corrected chi connectivity index (χ1v) is 7.58. The molecule has 0 spiro atoms. The number of nitrogens with zero attached hydrogens (tertiary/aromatic N) is 2. The molecule has 0 aliphatic carbocycles. The number of hydrogen-bond acceptors (Lipinski definition) is 3. The summed E-state index contributed by atoms with van der Waals surface area (Å²) < 4.78 is 26.8. The number of amides is 2. The van der Waals surface area contributed by atoms with Gasteiger partial charge in [0.05, 0.1) is 6.54 Å². The Morgan fingerprint density at radius 3 is 2.83 bits per heavy atom. The smallest absolute Gasteiger partial charge is 0.241 e. The number of likely N-dealkylation sites (N-methyl/N-ethyl adjacent to an activating group) is 1. The second-order valence-electron chi connectivity index (χ2n) is 5.89. The fourth-order valence-corrected chi connectivity index (χ4v) is 2.61. The van der Waals surface area contributed by atoms with Crippen LogP contribution >= 0.6 is 0 Å². The van der Waals surface area contributed by atoms with Gasteiger partial charge in [-0.3, -0.25) is 9.59 Å². The number of hydrogen-bond donors (Lipinski definition) is 1. The molecule has 1 saturated heterocycles. The van der Waals surface area contributed by atoms with Crippen LogP contribution in [-0.2, 0) is 16.0 Å². The first kappa shape index (κ1) is 17.3. The minimum Gasteiger partial charge on any atom is -0.344 e. The van der Waals surface area contributed by atoms with Crippen LogP contribution in [0.2, 0.25) is 0 Å². The highest BCUT2D eigenvalue weighted by molar-refractivity contribution is 5.85. The van der Waals surface area contributed by atoms with E-state index in [1.54, 1.807) is 11.9 Å². The molecule has 0 radical (unpaired) electrons. The van der Waals surface area contributed by atoms with E-state index < -0.39 is 17.7 Å². The van der Waals surface area contributed by atoms with Gasteiger partial charge < -0.3 is 15.5 Å². The molecule has 1 aromatic rings. The van der Waals surface area contributed by atoms with Crippen LogP contribution in [0.3, 0.4) is 0 Å². The third kappa shape index (κ3) is 4.72. The molecule has 5 nitrogen and oxygen atoms in total. The van der Waals surface area contributed by atoms with Gasteiger partial charge in [0.15, 0.2) is 0 Å². The molecule has 0 aromatic heterocycles. The SMILES string of the molecule is CN1CCCN(C(=O)C[C@H](N)Cc2cc(F)ccc2F)CC1=O. The summed E-state index contributed by atoms with van der Waals surface area (Å²) in [4.78, 5) is 27.1. The van der Waals surface area contributed by atoms with E-state index in [4.69, 9.17) is 5.73 Å². The van der Waals surface area contributed by atoms with E-state index in [0.29, 0.717) is 19.5 Å². The van der Waals surface area contributed by atoms with E-state index >= 15 is 0 Å². The summed E-state index contributed by atoms with van der Waals surface area (Å²) in [5, 5.41) is 0. The average Bonchev–Trinajstić information content (AvgIpc) is 2.65. The van der Waals surface area contributed by atoms with Crippen LogP contribution in [-0.4, -0.2) is 54.3 Å². The number of carbonyl (C=O) groups excluding carboxylic acids is 2. The van der Waals surface area contributed by atoms with Crippen LogP contribution in [0.15, 0.2) is 18.2 Å². The first-order chi connectivity index (χ1) is 10.9. The normalized spacial score (nSPS) is 17.1. The molecule has 0 unspecified atom stereocenters. The largest absolute Gasteiger partial charge is 0.344 e. The van der Waals surface area contributed by atoms with Crippen molar-refractivity contribution in [2.75, 3.05) is 26.7 Å². The predicted octanol–water partition coefficient (Wildman–Crippen LogP) is 0.915. The lowest BCUT2D eigenvalue weighted by Gasteiger charge is -2.22. The van der Waals surface area contributed by atoms with Crippen molar-refractivity contribution in [1.82, 2.24) is 9.80 Å². The maximum Gasteiger partial charge on any atom is 0.241 e. The Labute approximate surface area is 134 Å². The molecular weight excluding hydrogens is 304 g/mol. The van der Waals surface area contributed by atoms with Gasteiger partial charge in [0, 0.05) is 32.6 Å². The van der Waals surface area contributed by atoms with Gasteiger partial charge in [-0.1, -0.05) is 0 Å². The van der Waals surface area contributed by atoms with Gasteiger partial charge in [0.2, 0.25) is 11.8 Å². The maximum atomic E-state index is 13.6. The number of halogens is 2. The molecule has 126 valence electrons. The average molecular weight is 325 g/mol. The summed E-state index contributed by atoms with van der Waals surface area (Å²) in [5.74, 6) is -1.43. The van der Waals surface area contributed by atoms with E-state index in [0.717, 1.165) is 18.2 Å². The van der Waals surface area contributed by atoms with Gasteiger partial charge in [-0.15, -0.1) is 0 Å². The van der Waals surface area contributed by atoms with Crippen molar-refractivity contribution in [3.8, 4) is 0 Å². The number of carbonyl (C=O) groups is 2. The van der Waals surface area contributed by atoms with Crippen LogP contribution < -0.4 is 5.73 Å². The molecule has 1 fully saturated rings. The van der Waals surface area contributed by atoms with Gasteiger partial charge in [-0.25, -0.2) is 8.78 Å². The highest BCUT2D eigenvalue weighted by Crippen LogP contribution is 2.13.